The number of likely N-dealkylation sites (tertiary alicyclic amines) is 1. The first-order valence-electron chi connectivity index (χ1n) is 8.63. The Morgan fingerprint density at radius 3 is 2.64 bits per heavy atom. The van der Waals surface area contributed by atoms with E-state index in [0.29, 0.717) is 6.04 Å². The molecule has 4 rings (SSSR count). The molecule has 2 aliphatic rings. The molecule has 2 heterocycles. The lowest BCUT2D eigenvalue weighted by Crippen LogP contribution is -2.39. The smallest absolute Gasteiger partial charge is 0.0956 e. The summed E-state index contributed by atoms with van der Waals surface area (Å²) in [4.78, 5) is 7.31. The van der Waals surface area contributed by atoms with Gasteiger partial charge in [-0.15, -0.1) is 0 Å². The molecule has 1 aromatic carbocycles. The molecule has 0 radical (unpaired) electrons. The maximum atomic E-state index is 4.78. The van der Waals surface area contributed by atoms with Crippen LogP contribution in [-0.2, 0) is 6.54 Å². The Morgan fingerprint density at radius 1 is 1.09 bits per heavy atom. The van der Waals surface area contributed by atoms with Gasteiger partial charge in [0, 0.05) is 29.8 Å². The lowest BCUT2D eigenvalue weighted by molar-refractivity contribution is 0.166. The Morgan fingerprint density at radius 2 is 1.91 bits per heavy atom. The van der Waals surface area contributed by atoms with E-state index in [4.69, 9.17) is 4.98 Å². The molecule has 2 fully saturated rings. The average molecular weight is 295 g/mol. The third kappa shape index (κ3) is 2.70. The van der Waals surface area contributed by atoms with Gasteiger partial charge in [-0.05, 0) is 39.3 Å². The topological polar surface area (TPSA) is 21.1 Å². The molecule has 116 valence electrons. The van der Waals surface area contributed by atoms with Gasteiger partial charge in [-0.2, -0.15) is 0 Å². The molecule has 2 aromatic rings. The summed E-state index contributed by atoms with van der Waals surface area (Å²) >= 11 is 0. The van der Waals surface area contributed by atoms with Gasteiger partial charge in [0.15, 0.2) is 0 Å². The normalized spacial score (nSPS) is 22.9. The first-order chi connectivity index (χ1) is 10.8. The summed E-state index contributed by atoms with van der Waals surface area (Å²) in [5.41, 5.74) is 3.95. The van der Waals surface area contributed by atoms with Crippen LogP contribution in [0.5, 0.6) is 0 Å². The Kier molecular flexibility index (Phi) is 3.75. The monoisotopic (exact) mass is 295 g/mol. The fourth-order valence-corrected chi connectivity index (χ4v) is 3.74. The van der Waals surface area contributed by atoms with E-state index in [9.17, 15) is 0 Å². The molecule has 3 heteroatoms. The first kappa shape index (κ1) is 14.0. The van der Waals surface area contributed by atoms with Crippen LogP contribution < -0.4 is 0 Å². The van der Waals surface area contributed by atoms with E-state index < -0.39 is 0 Å². The highest BCUT2D eigenvalue weighted by atomic mass is 15.2. The second-order valence-electron chi connectivity index (χ2n) is 6.90. The van der Waals surface area contributed by atoms with E-state index in [1.807, 2.05) is 0 Å². The highest BCUT2D eigenvalue weighted by Crippen LogP contribution is 2.44. The first-order valence-corrected chi connectivity index (χ1v) is 8.63. The zero-order valence-corrected chi connectivity index (χ0v) is 13.4. The van der Waals surface area contributed by atoms with Crippen molar-refractivity contribution in [3.05, 3.63) is 42.4 Å². The lowest BCUT2D eigenvalue weighted by Gasteiger charge is -2.33. The number of imidazole rings is 1. The number of rotatable bonds is 4. The van der Waals surface area contributed by atoms with Gasteiger partial charge >= 0.3 is 0 Å². The minimum Gasteiger partial charge on any atom is -0.332 e. The Labute approximate surface area is 133 Å². The molecule has 0 amide bonds. The molecule has 0 bridgehead atoms. The number of hydrogen-bond donors (Lipinski definition) is 0. The third-order valence-corrected chi connectivity index (χ3v) is 5.22. The number of hydrogen-bond acceptors (Lipinski definition) is 2. The zero-order valence-electron chi connectivity index (χ0n) is 13.4. The molecule has 1 aliphatic carbocycles. The van der Waals surface area contributed by atoms with Crippen molar-refractivity contribution in [2.24, 2.45) is 0 Å². The predicted octanol–water partition coefficient (Wildman–Crippen LogP) is 3.91. The van der Waals surface area contributed by atoms with Gasteiger partial charge in [0.05, 0.1) is 12.0 Å². The third-order valence-electron chi connectivity index (χ3n) is 5.22. The van der Waals surface area contributed by atoms with Gasteiger partial charge in [0.25, 0.3) is 0 Å². The van der Waals surface area contributed by atoms with Crippen LogP contribution in [0.4, 0.5) is 0 Å². The van der Waals surface area contributed by atoms with Crippen LogP contribution in [0.25, 0.3) is 11.3 Å². The molecule has 0 spiro atoms. The average Bonchev–Trinajstić information content (AvgIpc) is 3.31. The van der Waals surface area contributed by atoms with Crippen LogP contribution >= 0.6 is 0 Å². The van der Waals surface area contributed by atoms with E-state index in [1.165, 1.54) is 55.6 Å². The van der Waals surface area contributed by atoms with Crippen molar-refractivity contribution in [3.63, 3.8) is 0 Å². The molecule has 0 N–H and O–H groups in total. The Balaban J connectivity index is 1.64. The SMILES string of the molecule is CN1CCCC[C@@H]1Cn1cnc(-c2ccccc2)c1C1CC1. The lowest BCUT2D eigenvalue weighted by atomic mass is 10.0. The summed E-state index contributed by atoms with van der Waals surface area (Å²) in [7, 11) is 2.27. The molecule has 22 heavy (non-hydrogen) atoms. The van der Waals surface area contributed by atoms with Crippen molar-refractivity contribution in [3.8, 4) is 11.3 Å². The minimum atomic E-state index is 0.670. The zero-order chi connectivity index (χ0) is 14.9. The number of piperidine rings is 1. The van der Waals surface area contributed by atoms with Gasteiger partial charge in [-0.25, -0.2) is 4.98 Å². The van der Waals surface area contributed by atoms with Crippen LogP contribution in [-0.4, -0.2) is 34.1 Å². The summed E-state index contributed by atoms with van der Waals surface area (Å²) in [6.07, 6.45) is 8.77. The molecule has 1 saturated heterocycles. The number of aromatic nitrogens is 2. The van der Waals surface area contributed by atoms with Crippen molar-refractivity contribution in [2.75, 3.05) is 13.6 Å². The minimum absolute atomic E-state index is 0.670. The van der Waals surface area contributed by atoms with E-state index in [-0.39, 0.29) is 0 Å². The molecule has 1 aromatic heterocycles. The molecule has 1 atom stereocenters. The fourth-order valence-electron chi connectivity index (χ4n) is 3.74. The molecular weight excluding hydrogens is 270 g/mol. The van der Waals surface area contributed by atoms with Crippen LogP contribution in [0, 0.1) is 0 Å². The Bertz CT molecular complexity index is 627. The van der Waals surface area contributed by atoms with Crippen molar-refractivity contribution < 1.29 is 0 Å². The largest absolute Gasteiger partial charge is 0.332 e. The quantitative estimate of drug-likeness (QED) is 0.852. The van der Waals surface area contributed by atoms with Gasteiger partial charge in [-0.1, -0.05) is 36.8 Å². The van der Waals surface area contributed by atoms with Crippen LogP contribution in [0.1, 0.15) is 43.7 Å². The van der Waals surface area contributed by atoms with Crippen molar-refractivity contribution in [1.82, 2.24) is 14.5 Å². The second-order valence-corrected chi connectivity index (χ2v) is 6.90. The van der Waals surface area contributed by atoms with Crippen LogP contribution in [0.15, 0.2) is 36.7 Å². The molecular formula is C19H25N3. The highest BCUT2D eigenvalue weighted by Gasteiger charge is 2.31. The van der Waals surface area contributed by atoms with Gasteiger partial charge < -0.3 is 9.47 Å². The summed E-state index contributed by atoms with van der Waals surface area (Å²) in [6.45, 7) is 2.34. The summed E-state index contributed by atoms with van der Waals surface area (Å²) in [6, 6.07) is 11.3. The Hall–Kier alpha value is -1.61. The highest BCUT2D eigenvalue weighted by molar-refractivity contribution is 5.63. The number of likely N-dealkylation sites (N-methyl/N-ethyl adjacent to an activating group) is 1. The van der Waals surface area contributed by atoms with Crippen molar-refractivity contribution in [2.45, 2.75) is 50.6 Å². The van der Waals surface area contributed by atoms with Gasteiger partial charge in [-0.3, -0.25) is 0 Å². The standard InChI is InChI=1S/C19H25N3/c1-21-12-6-5-9-17(21)13-22-14-20-18(19(22)16-10-11-16)15-7-3-2-4-8-15/h2-4,7-8,14,16-17H,5-6,9-13H2,1H3/t17-/m1/s1. The van der Waals surface area contributed by atoms with E-state index in [0.717, 1.165) is 12.5 Å². The summed E-state index contributed by atoms with van der Waals surface area (Å²) < 4.78 is 2.45. The van der Waals surface area contributed by atoms with E-state index in [2.05, 4.69) is 53.2 Å². The molecule has 3 nitrogen and oxygen atoms in total. The van der Waals surface area contributed by atoms with Crippen molar-refractivity contribution in [1.29, 1.82) is 0 Å². The van der Waals surface area contributed by atoms with Crippen molar-refractivity contribution >= 4 is 0 Å². The molecule has 1 aliphatic heterocycles. The van der Waals surface area contributed by atoms with Gasteiger partial charge in [0.1, 0.15) is 0 Å². The van der Waals surface area contributed by atoms with E-state index in [1.54, 1.807) is 0 Å². The van der Waals surface area contributed by atoms with Crippen LogP contribution in [0.3, 0.4) is 0 Å². The number of benzene rings is 1. The number of nitrogens with zero attached hydrogens (tertiary/aromatic N) is 3. The summed E-state index contributed by atoms with van der Waals surface area (Å²) in [5, 5.41) is 0. The summed E-state index contributed by atoms with van der Waals surface area (Å²) in [5.74, 6) is 0.728. The van der Waals surface area contributed by atoms with Crippen LogP contribution in [0.2, 0.25) is 0 Å². The maximum absolute atomic E-state index is 4.78. The van der Waals surface area contributed by atoms with Gasteiger partial charge in [0.2, 0.25) is 0 Å². The second kappa shape index (κ2) is 5.88. The fraction of sp³-hybridized carbons (Fsp3) is 0.526. The van der Waals surface area contributed by atoms with E-state index >= 15 is 0 Å². The maximum Gasteiger partial charge on any atom is 0.0956 e. The predicted molar refractivity (Wildman–Crippen MR) is 89.9 cm³/mol. The molecule has 0 unspecified atom stereocenters. The molecule has 1 saturated carbocycles.